The van der Waals surface area contributed by atoms with Gasteiger partial charge in [-0.25, -0.2) is 0 Å². The Labute approximate surface area is 117 Å². The highest BCUT2D eigenvalue weighted by molar-refractivity contribution is 6.30. The molecule has 0 saturated heterocycles. The van der Waals surface area contributed by atoms with Crippen LogP contribution >= 0.6 is 11.6 Å². The van der Waals surface area contributed by atoms with Crippen LogP contribution in [0.4, 0.5) is 0 Å². The summed E-state index contributed by atoms with van der Waals surface area (Å²) in [4.78, 5) is 11.3. The smallest absolute Gasteiger partial charge is 0.307 e. The Hall–Kier alpha value is -1.30. The highest BCUT2D eigenvalue weighted by Gasteiger charge is 2.25. The number of hydrogen-bond donors (Lipinski definition) is 2. The minimum atomic E-state index is -0.933. The van der Waals surface area contributed by atoms with Crippen molar-refractivity contribution < 1.29 is 19.4 Å². The number of nitrogens with one attached hydrogen (secondary N) is 1. The van der Waals surface area contributed by atoms with E-state index < -0.39 is 18.1 Å². The largest absolute Gasteiger partial charge is 0.496 e. The Morgan fingerprint density at radius 3 is 2.68 bits per heavy atom. The lowest BCUT2D eigenvalue weighted by molar-refractivity contribution is -0.142. The number of halogens is 1. The summed E-state index contributed by atoms with van der Waals surface area (Å²) in [7, 11) is 4.48. The predicted molar refractivity (Wildman–Crippen MR) is 72.4 cm³/mol. The summed E-state index contributed by atoms with van der Waals surface area (Å²) >= 11 is 5.92. The monoisotopic (exact) mass is 287 g/mol. The van der Waals surface area contributed by atoms with Gasteiger partial charge in [-0.3, -0.25) is 4.79 Å². The third-order valence-corrected chi connectivity index (χ3v) is 3.11. The normalized spacial score (nSPS) is 13.7. The Morgan fingerprint density at radius 1 is 1.47 bits per heavy atom. The van der Waals surface area contributed by atoms with Crippen LogP contribution in [0.3, 0.4) is 0 Å². The van der Waals surface area contributed by atoms with Crippen LogP contribution in [-0.2, 0) is 9.53 Å². The average molecular weight is 288 g/mol. The van der Waals surface area contributed by atoms with E-state index in [0.717, 1.165) is 0 Å². The maximum atomic E-state index is 11.3. The summed E-state index contributed by atoms with van der Waals surface area (Å²) in [5.41, 5.74) is 0.526. The third-order valence-electron chi connectivity index (χ3n) is 2.88. The van der Waals surface area contributed by atoms with Gasteiger partial charge in [-0.15, -0.1) is 0 Å². The van der Waals surface area contributed by atoms with Crippen LogP contribution in [0.5, 0.6) is 5.75 Å². The first-order valence-electron chi connectivity index (χ1n) is 5.79. The molecule has 0 amide bonds. The summed E-state index contributed by atoms with van der Waals surface area (Å²) in [6, 6.07) is 4.48. The van der Waals surface area contributed by atoms with E-state index in [1.54, 1.807) is 25.2 Å². The van der Waals surface area contributed by atoms with E-state index in [0.29, 0.717) is 16.3 Å². The van der Waals surface area contributed by atoms with Gasteiger partial charge >= 0.3 is 5.97 Å². The summed E-state index contributed by atoms with van der Waals surface area (Å²) in [5, 5.41) is 13.7. The van der Waals surface area contributed by atoms with Gasteiger partial charge < -0.3 is 19.9 Å². The molecule has 0 saturated carbocycles. The number of likely N-dealkylation sites (N-methyl/N-ethyl adjacent to an activating group) is 1. The molecule has 1 rings (SSSR count). The molecular formula is C13H18ClNO4. The molecule has 1 aromatic rings. The highest BCUT2D eigenvalue weighted by Crippen LogP contribution is 2.30. The summed E-state index contributed by atoms with van der Waals surface area (Å²) in [5.74, 6) is 0.112. The number of rotatable bonds is 6. The van der Waals surface area contributed by atoms with E-state index in [-0.39, 0.29) is 6.42 Å². The van der Waals surface area contributed by atoms with E-state index in [2.05, 4.69) is 10.1 Å². The lowest BCUT2D eigenvalue weighted by Gasteiger charge is -2.23. The molecule has 106 valence electrons. The van der Waals surface area contributed by atoms with Gasteiger partial charge in [-0.2, -0.15) is 0 Å². The molecule has 2 N–H and O–H groups in total. The first-order valence-corrected chi connectivity index (χ1v) is 6.16. The maximum Gasteiger partial charge on any atom is 0.307 e. The van der Waals surface area contributed by atoms with Crippen LogP contribution in [0, 0.1) is 0 Å². The number of aliphatic hydroxyl groups is 1. The summed E-state index contributed by atoms with van der Waals surface area (Å²) < 4.78 is 9.79. The van der Waals surface area contributed by atoms with E-state index in [1.807, 2.05) is 0 Å². The molecule has 0 aromatic heterocycles. The number of aliphatic hydroxyl groups excluding tert-OH is 1. The zero-order valence-electron chi connectivity index (χ0n) is 11.1. The Kier molecular flexibility index (Phi) is 6.08. The molecule has 5 nitrogen and oxygen atoms in total. The molecule has 0 heterocycles. The van der Waals surface area contributed by atoms with Crippen molar-refractivity contribution in [1.82, 2.24) is 5.32 Å². The van der Waals surface area contributed by atoms with Gasteiger partial charge in [0.1, 0.15) is 5.75 Å². The Bertz CT molecular complexity index is 439. The standard InChI is InChI=1S/C13H18ClNO4/c1-15-10(7-12(16)19-3)13(17)9-6-8(14)4-5-11(9)18-2/h4-6,10,13,15,17H,7H2,1-3H3. The van der Waals surface area contributed by atoms with Crippen LogP contribution in [0.2, 0.25) is 5.02 Å². The number of carbonyl (C=O) groups is 1. The number of methoxy groups -OCH3 is 2. The molecule has 0 bridgehead atoms. The van der Waals surface area contributed by atoms with Crippen molar-refractivity contribution in [3.8, 4) is 5.75 Å². The highest BCUT2D eigenvalue weighted by atomic mass is 35.5. The molecule has 0 aliphatic rings. The van der Waals surface area contributed by atoms with Crippen LogP contribution in [0.15, 0.2) is 18.2 Å². The second-order valence-corrected chi connectivity index (χ2v) is 4.44. The fourth-order valence-corrected chi connectivity index (χ4v) is 1.97. The number of esters is 1. The second kappa shape index (κ2) is 7.33. The summed E-state index contributed by atoms with van der Waals surface area (Å²) in [6.45, 7) is 0. The van der Waals surface area contributed by atoms with Gasteiger partial charge in [-0.1, -0.05) is 11.6 Å². The zero-order chi connectivity index (χ0) is 14.4. The van der Waals surface area contributed by atoms with Crippen molar-refractivity contribution in [1.29, 1.82) is 0 Å². The molecule has 0 radical (unpaired) electrons. The van der Waals surface area contributed by atoms with E-state index in [1.165, 1.54) is 14.2 Å². The van der Waals surface area contributed by atoms with Crippen LogP contribution in [-0.4, -0.2) is 38.4 Å². The van der Waals surface area contributed by atoms with Gasteiger partial charge in [0.2, 0.25) is 0 Å². The number of hydrogen-bond acceptors (Lipinski definition) is 5. The van der Waals surface area contributed by atoms with Gasteiger partial charge in [0, 0.05) is 16.6 Å². The SMILES string of the molecule is CNC(CC(=O)OC)C(O)c1cc(Cl)ccc1OC. The molecule has 0 spiro atoms. The van der Waals surface area contributed by atoms with Crippen molar-refractivity contribution in [2.75, 3.05) is 21.3 Å². The molecule has 1 aromatic carbocycles. The molecule has 0 fully saturated rings. The topological polar surface area (TPSA) is 67.8 Å². The third kappa shape index (κ3) is 4.09. The molecule has 2 atom stereocenters. The van der Waals surface area contributed by atoms with Crippen molar-refractivity contribution in [3.63, 3.8) is 0 Å². The lowest BCUT2D eigenvalue weighted by atomic mass is 9.99. The van der Waals surface area contributed by atoms with Gasteiger partial charge in [-0.05, 0) is 25.2 Å². The van der Waals surface area contributed by atoms with E-state index in [4.69, 9.17) is 16.3 Å². The zero-order valence-corrected chi connectivity index (χ0v) is 11.9. The van der Waals surface area contributed by atoms with Gasteiger partial charge in [0.15, 0.2) is 0 Å². The molecular weight excluding hydrogens is 270 g/mol. The van der Waals surface area contributed by atoms with Crippen molar-refractivity contribution in [3.05, 3.63) is 28.8 Å². The number of benzene rings is 1. The van der Waals surface area contributed by atoms with Crippen LogP contribution in [0.1, 0.15) is 18.1 Å². The van der Waals surface area contributed by atoms with E-state index >= 15 is 0 Å². The fourth-order valence-electron chi connectivity index (χ4n) is 1.79. The first-order chi connectivity index (χ1) is 9.03. The second-order valence-electron chi connectivity index (χ2n) is 4.01. The van der Waals surface area contributed by atoms with Crippen molar-refractivity contribution >= 4 is 17.6 Å². The maximum absolute atomic E-state index is 11.3. The van der Waals surface area contributed by atoms with E-state index in [9.17, 15) is 9.90 Å². The Balaban J connectivity index is 2.99. The number of carbonyl (C=O) groups excluding carboxylic acids is 1. The molecule has 2 unspecified atom stereocenters. The lowest BCUT2D eigenvalue weighted by Crippen LogP contribution is -2.34. The minimum Gasteiger partial charge on any atom is -0.496 e. The van der Waals surface area contributed by atoms with Crippen molar-refractivity contribution in [2.24, 2.45) is 0 Å². The molecule has 6 heteroatoms. The molecule has 0 aliphatic heterocycles. The fraction of sp³-hybridized carbons (Fsp3) is 0.462. The van der Waals surface area contributed by atoms with Crippen LogP contribution in [0.25, 0.3) is 0 Å². The van der Waals surface area contributed by atoms with Crippen molar-refractivity contribution in [2.45, 2.75) is 18.6 Å². The Morgan fingerprint density at radius 2 is 2.16 bits per heavy atom. The first kappa shape index (κ1) is 15.8. The predicted octanol–water partition coefficient (Wildman–Crippen LogP) is 1.53. The number of ether oxygens (including phenoxy) is 2. The van der Waals surface area contributed by atoms with Gasteiger partial charge in [0.05, 0.1) is 26.7 Å². The molecule has 19 heavy (non-hydrogen) atoms. The molecule has 0 aliphatic carbocycles. The minimum absolute atomic E-state index is 0.0455. The summed E-state index contributed by atoms with van der Waals surface area (Å²) in [6.07, 6.45) is -0.887. The van der Waals surface area contributed by atoms with Gasteiger partial charge in [0.25, 0.3) is 0 Å². The average Bonchev–Trinajstić information content (AvgIpc) is 2.43. The quantitative estimate of drug-likeness (QED) is 0.777. The van der Waals surface area contributed by atoms with Crippen LogP contribution < -0.4 is 10.1 Å².